The number of amides is 1. The van der Waals surface area contributed by atoms with Crippen molar-refractivity contribution in [2.45, 2.75) is 25.6 Å². The van der Waals surface area contributed by atoms with Gasteiger partial charge >= 0.3 is 0 Å². The average Bonchev–Trinajstić information content (AvgIpc) is 3.01. The van der Waals surface area contributed by atoms with Crippen molar-refractivity contribution in [2.24, 2.45) is 0 Å². The molecule has 5 nitrogen and oxygen atoms in total. The Morgan fingerprint density at radius 3 is 2.35 bits per heavy atom. The number of benzene rings is 2. The maximum absolute atomic E-state index is 13.0. The van der Waals surface area contributed by atoms with Crippen molar-refractivity contribution < 1.29 is 18.7 Å². The van der Waals surface area contributed by atoms with Gasteiger partial charge in [-0.05, 0) is 35.4 Å². The van der Waals surface area contributed by atoms with Gasteiger partial charge in [-0.3, -0.25) is 4.79 Å². The summed E-state index contributed by atoms with van der Waals surface area (Å²) >= 11 is 0. The van der Waals surface area contributed by atoms with Crippen LogP contribution in [0.15, 0.2) is 42.5 Å². The van der Waals surface area contributed by atoms with Crippen LogP contribution >= 0.6 is 0 Å². The molecule has 6 heteroatoms. The van der Waals surface area contributed by atoms with E-state index in [-0.39, 0.29) is 17.8 Å². The molecule has 0 aliphatic carbocycles. The van der Waals surface area contributed by atoms with Crippen LogP contribution in [0.5, 0.6) is 11.5 Å². The van der Waals surface area contributed by atoms with E-state index in [1.807, 2.05) is 18.2 Å². The minimum atomic E-state index is -0.269. The fraction of sp³-hybridized carbons (Fsp3) is 0.350. The van der Waals surface area contributed by atoms with Crippen LogP contribution in [0.25, 0.3) is 0 Å². The number of nitrogens with zero attached hydrogens (tertiary/aromatic N) is 1. The zero-order valence-corrected chi connectivity index (χ0v) is 15.0. The van der Waals surface area contributed by atoms with E-state index in [2.05, 4.69) is 5.32 Å². The molecule has 1 amide bonds. The monoisotopic (exact) mass is 358 g/mol. The molecule has 138 valence electrons. The largest absolute Gasteiger partial charge is 0.497 e. The van der Waals surface area contributed by atoms with E-state index >= 15 is 0 Å². The van der Waals surface area contributed by atoms with Gasteiger partial charge in [0.2, 0.25) is 5.91 Å². The van der Waals surface area contributed by atoms with Gasteiger partial charge in [-0.2, -0.15) is 0 Å². The number of hydrogen-bond acceptors (Lipinski definition) is 4. The fourth-order valence-electron chi connectivity index (χ4n) is 3.10. The number of rotatable bonds is 7. The number of methoxy groups -OCH3 is 2. The maximum atomic E-state index is 13.0. The van der Waals surface area contributed by atoms with Crippen LogP contribution in [0.2, 0.25) is 0 Å². The van der Waals surface area contributed by atoms with Crippen LogP contribution < -0.4 is 14.8 Å². The smallest absolute Gasteiger partial charge is 0.224 e. The number of ether oxygens (including phenoxy) is 2. The quantitative estimate of drug-likeness (QED) is 0.827. The summed E-state index contributed by atoms with van der Waals surface area (Å²) < 4.78 is 23.6. The first-order valence-electron chi connectivity index (χ1n) is 8.55. The zero-order chi connectivity index (χ0) is 18.5. The number of halogens is 1. The average molecular weight is 358 g/mol. The molecule has 1 N–H and O–H groups in total. The van der Waals surface area contributed by atoms with Crippen molar-refractivity contribution in [1.29, 1.82) is 0 Å². The van der Waals surface area contributed by atoms with Crippen LogP contribution in [0.3, 0.4) is 0 Å². The van der Waals surface area contributed by atoms with E-state index < -0.39 is 0 Å². The molecule has 2 aromatic rings. The summed E-state index contributed by atoms with van der Waals surface area (Å²) in [4.78, 5) is 14.0. The summed E-state index contributed by atoms with van der Waals surface area (Å²) in [5.74, 6) is 1.31. The Labute approximate surface area is 152 Å². The fourth-order valence-corrected chi connectivity index (χ4v) is 3.10. The van der Waals surface area contributed by atoms with E-state index in [1.54, 1.807) is 31.3 Å². The van der Waals surface area contributed by atoms with Gasteiger partial charge in [0.15, 0.2) is 0 Å². The number of nitrogens with one attached hydrogen (secondary N) is 1. The third-order valence-electron chi connectivity index (χ3n) is 4.51. The lowest BCUT2D eigenvalue weighted by molar-refractivity contribution is -0.128. The number of hydrogen-bond donors (Lipinski definition) is 1. The molecule has 1 saturated heterocycles. The Bertz CT molecular complexity index is 742. The van der Waals surface area contributed by atoms with Crippen molar-refractivity contribution in [3.05, 3.63) is 59.4 Å². The predicted molar refractivity (Wildman–Crippen MR) is 96.6 cm³/mol. The van der Waals surface area contributed by atoms with Crippen molar-refractivity contribution in [2.75, 3.05) is 20.8 Å². The second kappa shape index (κ2) is 8.19. The van der Waals surface area contributed by atoms with Crippen molar-refractivity contribution >= 4 is 5.91 Å². The molecule has 1 fully saturated rings. The highest BCUT2D eigenvalue weighted by atomic mass is 19.1. The molecular weight excluding hydrogens is 335 g/mol. The van der Waals surface area contributed by atoms with Gasteiger partial charge in [0.25, 0.3) is 0 Å². The molecule has 1 heterocycles. The molecular formula is C20H23FN2O3. The summed E-state index contributed by atoms with van der Waals surface area (Å²) in [7, 11) is 3.24. The Balaban J connectivity index is 1.56. The molecule has 0 radical (unpaired) electrons. The van der Waals surface area contributed by atoms with Gasteiger partial charge < -0.3 is 19.7 Å². The number of likely N-dealkylation sites (tertiary alicyclic amines) is 1. The topological polar surface area (TPSA) is 50.8 Å². The summed E-state index contributed by atoms with van der Waals surface area (Å²) in [6.45, 7) is 1.76. The van der Waals surface area contributed by atoms with Crippen LogP contribution in [-0.2, 0) is 17.9 Å². The summed E-state index contributed by atoms with van der Waals surface area (Å²) in [6, 6.07) is 12.1. The number of carbonyl (C=O) groups is 1. The highest BCUT2D eigenvalue weighted by Crippen LogP contribution is 2.23. The third-order valence-corrected chi connectivity index (χ3v) is 4.51. The van der Waals surface area contributed by atoms with E-state index in [0.717, 1.165) is 22.6 Å². The second-order valence-electron chi connectivity index (χ2n) is 6.40. The Morgan fingerprint density at radius 1 is 1.08 bits per heavy atom. The number of carbonyl (C=O) groups excluding carboxylic acids is 1. The minimum absolute atomic E-state index is 0.0835. The van der Waals surface area contributed by atoms with Gasteiger partial charge in [-0.25, -0.2) is 4.39 Å². The first-order chi connectivity index (χ1) is 12.6. The third kappa shape index (κ3) is 4.52. The normalized spacial score (nSPS) is 16.8. The SMILES string of the molecule is COc1cc(CN[C@H]2CC(=O)N(Cc3ccc(F)cc3)C2)cc(OC)c1. The van der Waals surface area contributed by atoms with Gasteiger partial charge in [-0.15, -0.1) is 0 Å². The molecule has 0 unspecified atom stereocenters. The second-order valence-corrected chi connectivity index (χ2v) is 6.40. The van der Waals surface area contributed by atoms with Crippen molar-refractivity contribution in [1.82, 2.24) is 10.2 Å². The van der Waals surface area contributed by atoms with Crippen LogP contribution in [-0.4, -0.2) is 37.6 Å². The van der Waals surface area contributed by atoms with Gasteiger partial charge in [0.05, 0.1) is 14.2 Å². The Kier molecular flexibility index (Phi) is 5.73. The van der Waals surface area contributed by atoms with E-state index in [4.69, 9.17) is 9.47 Å². The Morgan fingerprint density at radius 2 is 1.73 bits per heavy atom. The Hall–Kier alpha value is -2.60. The first-order valence-corrected chi connectivity index (χ1v) is 8.55. The molecule has 1 aliphatic rings. The molecule has 0 bridgehead atoms. The molecule has 26 heavy (non-hydrogen) atoms. The molecule has 3 rings (SSSR count). The van der Waals surface area contributed by atoms with Gasteiger partial charge in [-0.1, -0.05) is 12.1 Å². The van der Waals surface area contributed by atoms with E-state index in [1.165, 1.54) is 12.1 Å². The van der Waals surface area contributed by atoms with Crippen molar-refractivity contribution in [3.8, 4) is 11.5 Å². The zero-order valence-electron chi connectivity index (χ0n) is 15.0. The van der Waals surface area contributed by atoms with Crippen molar-refractivity contribution in [3.63, 3.8) is 0 Å². The summed E-state index contributed by atoms with van der Waals surface area (Å²) in [5, 5.41) is 3.42. The lowest BCUT2D eigenvalue weighted by Crippen LogP contribution is -2.32. The maximum Gasteiger partial charge on any atom is 0.224 e. The van der Waals surface area contributed by atoms with Gasteiger partial charge in [0, 0.05) is 38.2 Å². The van der Waals surface area contributed by atoms with Gasteiger partial charge in [0.1, 0.15) is 17.3 Å². The van der Waals surface area contributed by atoms with Crippen LogP contribution in [0.1, 0.15) is 17.5 Å². The standard InChI is InChI=1S/C20H23FN2O3/c1-25-18-7-15(8-19(10-18)26-2)11-22-17-9-20(24)23(13-17)12-14-3-5-16(21)6-4-14/h3-8,10,17,22H,9,11-13H2,1-2H3/t17-/m0/s1. The highest BCUT2D eigenvalue weighted by Gasteiger charge is 2.29. The molecule has 1 aliphatic heterocycles. The van der Waals surface area contributed by atoms with Crippen LogP contribution in [0, 0.1) is 5.82 Å². The lowest BCUT2D eigenvalue weighted by Gasteiger charge is -2.17. The molecule has 0 aromatic heterocycles. The highest BCUT2D eigenvalue weighted by molar-refractivity contribution is 5.79. The van der Waals surface area contributed by atoms with E-state index in [9.17, 15) is 9.18 Å². The molecule has 2 aromatic carbocycles. The lowest BCUT2D eigenvalue weighted by atomic mass is 10.1. The van der Waals surface area contributed by atoms with E-state index in [0.29, 0.717) is 26.1 Å². The molecule has 1 atom stereocenters. The predicted octanol–water partition coefficient (Wildman–Crippen LogP) is 2.73. The first kappa shape index (κ1) is 18.2. The summed E-state index contributed by atoms with van der Waals surface area (Å²) in [6.07, 6.45) is 0.461. The molecule has 0 spiro atoms. The summed E-state index contributed by atoms with van der Waals surface area (Å²) in [5.41, 5.74) is 1.96. The minimum Gasteiger partial charge on any atom is -0.497 e. The molecule has 0 saturated carbocycles. The van der Waals surface area contributed by atoms with Crippen LogP contribution in [0.4, 0.5) is 4.39 Å².